The summed E-state index contributed by atoms with van der Waals surface area (Å²) >= 11 is 0. The molecule has 0 fully saturated rings. The molecule has 0 saturated heterocycles. The summed E-state index contributed by atoms with van der Waals surface area (Å²) in [6, 6.07) is 7.72. The van der Waals surface area contributed by atoms with Crippen molar-refractivity contribution in [3.05, 3.63) is 41.5 Å². The zero-order valence-corrected chi connectivity index (χ0v) is 14.4. The van der Waals surface area contributed by atoms with Crippen molar-refractivity contribution >= 4 is 18.0 Å². The lowest BCUT2D eigenvalue weighted by molar-refractivity contribution is -0.154. The summed E-state index contributed by atoms with van der Waals surface area (Å²) in [7, 11) is 0. The van der Waals surface area contributed by atoms with Gasteiger partial charge < -0.3 is 9.47 Å². The van der Waals surface area contributed by atoms with Crippen LogP contribution in [0.3, 0.4) is 0 Å². The Morgan fingerprint density at radius 1 is 1.17 bits per heavy atom. The molecule has 0 spiro atoms. The Morgan fingerprint density at radius 3 is 2.57 bits per heavy atom. The van der Waals surface area contributed by atoms with Crippen molar-refractivity contribution in [2.45, 2.75) is 52.6 Å². The van der Waals surface area contributed by atoms with Crippen LogP contribution in [-0.4, -0.2) is 24.1 Å². The van der Waals surface area contributed by atoms with E-state index in [1.807, 2.05) is 57.2 Å². The van der Waals surface area contributed by atoms with Gasteiger partial charge in [0.2, 0.25) is 0 Å². The molecule has 4 nitrogen and oxygen atoms in total. The lowest BCUT2D eigenvalue weighted by atomic mass is 10.1. The maximum absolute atomic E-state index is 11.8. The zero-order valence-electron chi connectivity index (χ0n) is 14.4. The van der Waals surface area contributed by atoms with E-state index < -0.39 is 5.60 Å². The van der Waals surface area contributed by atoms with Gasteiger partial charge in [0, 0.05) is 6.42 Å². The number of esters is 2. The summed E-state index contributed by atoms with van der Waals surface area (Å²) < 4.78 is 10.2. The Balaban J connectivity index is 2.53. The third-order valence-corrected chi connectivity index (χ3v) is 2.85. The van der Waals surface area contributed by atoms with Crippen LogP contribution < -0.4 is 0 Å². The van der Waals surface area contributed by atoms with Crippen LogP contribution in [0.5, 0.6) is 0 Å². The van der Waals surface area contributed by atoms with Crippen molar-refractivity contribution < 1.29 is 19.1 Å². The third-order valence-electron chi connectivity index (χ3n) is 2.85. The SMILES string of the molecule is CCOC(=O)CC/C=C/c1cccc(CC(=O)OC(C)(C)C)c1. The molecule has 0 heterocycles. The van der Waals surface area contributed by atoms with Crippen molar-refractivity contribution in [3.8, 4) is 0 Å². The van der Waals surface area contributed by atoms with Crippen molar-refractivity contribution in [1.82, 2.24) is 0 Å². The third kappa shape index (κ3) is 8.81. The second kappa shape index (κ2) is 9.13. The van der Waals surface area contributed by atoms with Crippen molar-refractivity contribution in [2.24, 2.45) is 0 Å². The smallest absolute Gasteiger partial charge is 0.310 e. The average molecular weight is 318 g/mol. The van der Waals surface area contributed by atoms with Gasteiger partial charge in [0.15, 0.2) is 0 Å². The number of carbonyl (C=O) groups is 2. The van der Waals surface area contributed by atoms with Crippen LogP contribution in [-0.2, 0) is 25.5 Å². The van der Waals surface area contributed by atoms with E-state index in [0.29, 0.717) is 19.4 Å². The van der Waals surface area contributed by atoms with Crippen LogP contribution in [0.4, 0.5) is 0 Å². The minimum absolute atomic E-state index is 0.184. The Morgan fingerprint density at radius 2 is 1.91 bits per heavy atom. The van der Waals surface area contributed by atoms with Gasteiger partial charge in [0.25, 0.3) is 0 Å². The fraction of sp³-hybridized carbons (Fsp3) is 0.474. The largest absolute Gasteiger partial charge is 0.466 e. The van der Waals surface area contributed by atoms with Crippen molar-refractivity contribution in [1.29, 1.82) is 0 Å². The minimum atomic E-state index is -0.471. The number of benzene rings is 1. The zero-order chi connectivity index (χ0) is 17.3. The molecule has 0 aliphatic heterocycles. The lowest BCUT2D eigenvalue weighted by Gasteiger charge is -2.19. The Hall–Kier alpha value is -2.10. The Kier molecular flexibility index (Phi) is 7.52. The molecule has 0 bridgehead atoms. The molecule has 0 saturated carbocycles. The van der Waals surface area contributed by atoms with Crippen LogP contribution in [0.15, 0.2) is 30.3 Å². The predicted molar refractivity (Wildman–Crippen MR) is 90.9 cm³/mol. The molecule has 1 rings (SSSR count). The normalized spacial score (nSPS) is 11.5. The molecule has 1 aromatic rings. The maximum Gasteiger partial charge on any atom is 0.310 e. The molecular formula is C19H26O4. The second-order valence-electron chi connectivity index (χ2n) is 6.25. The topological polar surface area (TPSA) is 52.6 Å². The molecule has 0 aliphatic carbocycles. The van der Waals surface area contributed by atoms with Crippen LogP contribution in [0.1, 0.15) is 51.7 Å². The summed E-state index contributed by atoms with van der Waals surface area (Å²) in [6.45, 7) is 7.77. The Bertz CT molecular complexity index is 553. The molecule has 23 heavy (non-hydrogen) atoms. The summed E-state index contributed by atoms with van der Waals surface area (Å²) in [5.41, 5.74) is 1.43. The van der Waals surface area contributed by atoms with E-state index in [1.165, 1.54) is 0 Å². The van der Waals surface area contributed by atoms with Gasteiger partial charge in [0.1, 0.15) is 5.60 Å². The summed E-state index contributed by atoms with van der Waals surface area (Å²) in [6.07, 6.45) is 5.14. The molecular weight excluding hydrogens is 292 g/mol. The fourth-order valence-corrected chi connectivity index (χ4v) is 2.00. The number of ether oxygens (including phenoxy) is 2. The molecule has 126 valence electrons. The monoisotopic (exact) mass is 318 g/mol. The van der Waals surface area contributed by atoms with Gasteiger partial charge in [-0.3, -0.25) is 9.59 Å². The van der Waals surface area contributed by atoms with E-state index in [4.69, 9.17) is 9.47 Å². The second-order valence-corrected chi connectivity index (χ2v) is 6.25. The van der Waals surface area contributed by atoms with E-state index in [0.717, 1.165) is 11.1 Å². The molecule has 0 N–H and O–H groups in total. The quantitative estimate of drug-likeness (QED) is 0.715. The molecule has 0 radical (unpaired) electrons. The standard InChI is InChI=1S/C19H26O4/c1-5-22-17(20)12-7-6-9-15-10-8-11-16(13-15)14-18(21)23-19(2,3)4/h6,8-11,13H,5,7,12,14H2,1-4H3/b9-6+. The predicted octanol–water partition coefficient (Wildman–Crippen LogP) is 3.93. The van der Waals surface area contributed by atoms with E-state index in [9.17, 15) is 9.59 Å². The van der Waals surface area contributed by atoms with Crippen LogP contribution in [0.2, 0.25) is 0 Å². The first kappa shape index (κ1) is 18.9. The van der Waals surface area contributed by atoms with Crippen LogP contribution >= 0.6 is 0 Å². The molecule has 4 heteroatoms. The highest BCUT2D eigenvalue weighted by Crippen LogP contribution is 2.12. The highest BCUT2D eigenvalue weighted by molar-refractivity contribution is 5.73. The summed E-state index contributed by atoms with van der Waals surface area (Å²) in [5, 5.41) is 0. The fourth-order valence-electron chi connectivity index (χ4n) is 2.00. The van der Waals surface area contributed by atoms with Crippen molar-refractivity contribution in [3.63, 3.8) is 0 Å². The first-order valence-corrected chi connectivity index (χ1v) is 7.93. The van der Waals surface area contributed by atoms with E-state index in [2.05, 4.69) is 0 Å². The molecule has 0 amide bonds. The van der Waals surface area contributed by atoms with E-state index in [1.54, 1.807) is 6.92 Å². The van der Waals surface area contributed by atoms with Gasteiger partial charge in [-0.15, -0.1) is 0 Å². The van der Waals surface area contributed by atoms with Gasteiger partial charge in [-0.25, -0.2) is 0 Å². The molecule has 0 atom stereocenters. The number of rotatable bonds is 7. The van der Waals surface area contributed by atoms with Gasteiger partial charge in [-0.05, 0) is 45.2 Å². The van der Waals surface area contributed by atoms with Crippen LogP contribution in [0, 0.1) is 0 Å². The average Bonchev–Trinajstić information content (AvgIpc) is 2.42. The van der Waals surface area contributed by atoms with E-state index in [-0.39, 0.29) is 18.4 Å². The highest BCUT2D eigenvalue weighted by Gasteiger charge is 2.16. The minimum Gasteiger partial charge on any atom is -0.466 e. The first-order valence-electron chi connectivity index (χ1n) is 7.93. The van der Waals surface area contributed by atoms with Gasteiger partial charge in [-0.2, -0.15) is 0 Å². The number of allylic oxidation sites excluding steroid dienone is 1. The van der Waals surface area contributed by atoms with E-state index >= 15 is 0 Å². The molecule has 1 aromatic carbocycles. The lowest BCUT2D eigenvalue weighted by Crippen LogP contribution is -2.24. The summed E-state index contributed by atoms with van der Waals surface area (Å²) in [4.78, 5) is 23.1. The molecule has 0 unspecified atom stereocenters. The van der Waals surface area contributed by atoms with Gasteiger partial charge in [-0.1, -0.05) is 36.4 Å². The molecule has 0 aliphatic rings. The Labute approximate surface area is 138 Å². The van der Waals surface area contributed by atoms with Crippen LogP contribution in [0.25, 0.3) is 6.08 Å². The molecule has 0 aromatic heterocycles. The highest BCUT2D eigenvalue weighted by atomic mass is 16.6. The maximum atomic E-state index is 11.8. The number of hydrogen-bond acceptors (Lipinski definition) is 4. The number of hydrogen-bond donors (Lipinski definition) is 0. The first-order chi connectivity index (χ1) is 10.8. The van der Waals surface area contributed by atoms with Gasteiger partial charge >= 0.3 is 11.9 Å². The summed E-state index contributed by atoms with van der Waals surface area (Å²) in [5.74, 6) is -0.420. The van der Waals surface area contributed by atoms with Gasteiger partial charge in [0.05, 0.1) is 13.0 Å². The van der Waals surface area contributed by atoms with Crippen molar-refractivity contribution in [2.75, 3.05) is 6.61 Å². The number of carbonyl (C=O) groups excluding carboxylic acids is 2.